The van der Waals surface area contributed by atoms with Gasteiger partial charge in [-0.25, -0.2) is 0 Å². The summed E-state index contributed by atoms with van der Waals surface area (Å²) in [7, 11) is 0. The summed E-state index contributed by atoms with van der Waals surface area (Å²) < 4.78 is 5.41. The lowest BCUT2D eigenvalue weighted by Crippen LogP contribution is -2.63. The molecule has 0 bridgehead atoms. The van der Waals surface area contributed by atoms with Crippen LogP contribution in [-0.4, -0.2) is 35.0 Å². The first kappa shape index (κ1) is 20.5. The summed E-state index contributed by atoms with van der Waals surface area (Å²) in [5, 5.41) is 6.05. The summed E-state index contributed by atoms with van der Waals surface area (Å²) in [4.78, 5) is 36.5. The topological polar surface area (TPSA) is 84.5 Å². The lowest BCUT2D eigenvalue weighted by molar-refractivity contribution is -0.146. The molecular formula is C20H32N2O4. The zero-order valence-corrected chi connectivity index (χ0v) is 16.6. The van der Waals surface area contributed by atoms with Crippen molar-refractivity contribution in [3.8, 4) is 0 Å². The van der Waals surface area contributed by atoms with E-state index in [1.54, 1.807) is 0 Å². The maximum absolute atomic E-state index is 13.2. The number of fused-ring (bicyclic) bond motifs is 1. The number of amides is 2. The highest BCUT2D eigenvalue weighted by Crippen LogP contribution is 2.54. The highest BCUT2D eigenvalue weighted by molar-refractivity contribution is 5.92. The van der Waals surface area contributed by atoms with E-state index in [0.717, 1.165) is 12.8 Å². The first-order valence-corrected chi connectivity index (χ1v) is 9.38. The van der Waals surface area contributed by atoms with Crippen LogP contribution in [-0.2, 0) is 19.1 Å². The number of carbonyl (C=O) groups excluding carboxylic acids is 3. The standard InChI is InChI=1S/C20H32N2O4/c1-7-8-17-16-10-15(26-13(3)24)9-14(16)11-20(17,21-12(2)23)18(25)22-19(4,5)6/h7,14-17H,1,8-11H2,2-6H3,(H,21,23)(H,22,25)/t14-,15+,16-,17+,20+/m1/s1. The third-order valence-corrected chi connectivity index (χ3v) is 5.49. The molecule has 6 heteroatoms. The Labute approximate surface area is 156 Å². The summed E-state index contributed by atoms with van der Waals surface area (Å²) >= 11 is 0. The minimum absolute atomic E-state index is 0.0585. The van der Waals surface area contributed by atoms with Crippen molar-refractivity contribution in [1.82, 2.24) is 10.6 Å². The smallest absolute Gasteiger partial charge is 0.302 e. The predicted molar refractivity (Wildman–Crippen MR) is 99.1 cm³/mol. The summed E-state index contributed by atoms with van der Waals surface area (Å²) in [6, 6.07) is 0. The molecule has 5 atom stereocenters. The number of esters is 1. The van der Waals surface area contributed by atoms with Crippen molar-refractivity contribution in [2.75, 3.05) is 0 Å². The van der Waals surface area contributed by atoms with Gasteiger partial charge in [-0.15, -0.1) is 6.58 Å². The van der Waals surface area contributed by atoms with Crippen LogP contribution in [0.25, 0.3) is 0 Å². The van der Waals surface area contributed by atoms with Crippen molar-refractivity contribution in [2.45, 2.75) is 77.5 Å². The van der Waals surface area contributed by atoms with Crippen molar-refractivity contribution in [3.63, 3.8) is 0 Å². The first-order valence-electron chi connectivity index (χ1n) is 9.38. The molecule has 0 radical (unpaired) electrons. The molecule has 0 aliphatic heterocycles. The molecule has 146 valence electrons. The fourth-order valence-electron chi connectivity index (χ4n) is 4.88. The van der Waals surface area contributed by atoms with Gasteiger partial charge in [-0.3, -0.25) is 14.4 Å². The van der Waals surface area contributed by atoms with Gasteiger partial charge in [0.15, 0.2) is 0 Å². The maximum atomic E-state index is 13.2. The molecule has 0 saturated heterocycles. The molecular weight excluding hydrogens is 332 g/mol. The van der Waals surface area contributed by atoms with Gasteiger partial charge in [0.05, 0.1) is 0 Å². The molecule has 26 heavy (non-hydrogen) atoms. The van der Waals surface area contributed by atoms with Crippen molar-refractivity contribution in [3.05, 3.63) is 12.7 Å². The Balaban J connectivity index is 2.33. The van der Waals surface area contributed by atoms with Gasteiger partial charge in [-0.1, -0.05) is 6.08 Å². The maximum Gasteiger partial charge on any atom is 0.302 e. The molecule has 0 aromatic heterocycles. The van der Waals surface area contributed by atoms with Gasteiger partial charge in [-0.2, -0.15) is 0 Å². The average Bonchev–Trinajstić information content (AvgIpc) is 2.93. The Morgan fingerprint density at radius 1 is 1.23 bits per heavy atom. The zero-order valence-electron chi connectivity index (χ0n) is 16.6. The van der Waals surface area contributed by atoms with Crippen molar-refractivity contribution < 1.29 is 19.1 Å². The molecule has 6 nitrogen and oxygen atoms in total. The summed E-state index contributed by atoms with van der Waals surface area (Å²) in [6.45, 7) is 12.5. The first-order chi connectivity index (χ1) is 12.0. The number of ether oxygens (including phenoxy) is 1. The number of rotatable bonds is 5. The van der Waals surface area contributed by atoms with Crippen LogP contribution in [0.2, 0.25) is 0 Å². The van der Waals surface area contributed by atoms with E-state index in [1.165, 1.54) is 13.8 Å². The summed E-state index contributed by atoms with van der Waals surface area (Å²) in [5.41, 5.74) is -1.33. The SMILES string of the molecule is C=CC[C@H]1[C@@H]2C[C@@H](OC(C)=O)C[C@@H]2C[C@@]1(NC(C)=O)C(=O)NC(C)(C)C. The van der Waals surface area contributed by atoms with Crippen LogP contribution in [0.3, 0.4) is 0 Å². The number of allylic oxidation sites excluding steroid dienone is 1. The molecule has 2 saturated carbocycles. The number of hydrogen-bond donors (Lipinski definition) is 2. The van der Waals surface area contributed by atoms with E-state index < -0.39 is 5.54 Å². The predicted octanol–water partition coefficient (Wildman–Crippen LogP) is 2.33. The van der Waals surface area contributed by atoms with Crippen LogP contribution in [0, 0.1) is 17.8 Å². The fourth-order valence-corrected chi connectivity index (χ4v) is 4.88. The zero-order chi connectivity index (χ0) is 19.7. The molecule has 2 fully saturated rings. The summed E-state index contributed by atoms with van der Waals surface area (Å²) in [6.07, 6.45) is 4.37. The average molecular weight is 364 g/mol. The van der Waals surface area contributed by atoms with Crippen LogP contribution in [0.15, 0.2) is 12.7 Å². The molecule has 0 unspecified atom stereocenters. The second-order valence-electron chi connectivity index (χ2n) is 8.82. The fraction of sp³-hybridized carbons (Fsp3) is 0.750. The van der Waals surface area contributed by atoms with Crippen molar-refractivity contribution >= 4 is 17.8 Å². The van der Waals surface area contributed by atoms with Crippen LogP contribution in [0.4, 0.5) is 0 Å². The number of nitrogens with one attached hydrogen (secondary N) is 2. The van der Waals surface area contributed by atoms with Crippen LogP contribution in [0.1, 0.15) is 60.3 Å². The monoisotopic (exact) mass is 364 g/mol. The van der Waals surface area contributed by atoms with Gasteiger partial charge in [0.2, 0.25) is 11.8 Å². The van der Waals surface area contributed by atoms with E-state index in [2.05, 4.69) is 17.2 Å². The Kier molecular flexibility index (Phi) is 5.83. The minimum atomic E-state index is -0.941. The lowest BCUT2D eigenvalue weighted by atomic mass is 9.78. The van der Waals surface area contributed by atoms with E-state index in [1.807, 2.05) is 26.8 Å². The van der Waals surface area contributed by atoms with E-state index >= 15 is 0 Å². The normalized spacial score (nSPS) is 33.3. The third-order valence-electron chi connectivity index (χ3n) is 5.49. The molecule has 2 aliphatic rings. The second kappa shape index (κ2) is 7.41. The molecule has 2 aliphatic carbocycles. The van der Waals surface area contributed by atoms with E-state index in [9.17, 15) is 14.4 Å². The molecule has 2 rings (SSSR count). The van der Waals surface area contributed by atoms with E-state index in [4.69, 9.17) is 4.74 Å². The molecule has 2 amide bonds. The van der Waals surface area contributed by atoms with Gasteiger partial charge in [0.1, 0.15) is 11.6 Å². The molecule has 0 aromatic carbocycles. The van der Waals surface area contributed by atoms with Gasteiger partial charge in [0.25, 0.3) is 0 Å². The van der Waals surface area contributed by atoms with E-state index in [0.29, 0.717) is 12.8 Å². The van der Waals surface area contributed by atoms with Crippen LogP contribution in [0.5, 0.6) is 0 Å². The minimum Gasteiger partial charge on any atom is -0.463 e. The Morgan fingerprint density at radius 3 is 2.38 bits per heavy atom. The third kappa shape index (κ3) is 4.27. The molecule has 0 heterocycles. The van der Waals surface area contributed by atoms with Gasteiger partial charge < -0.3 is 15.4 Å². The van der Waals surface area contributed by atoms with Crippen molar-refractivity contribution in [2.24, 2.45) is 17.8 Å². The highest BCUT2D eigenvalue weighted by atomic mass is 16.5. The lowest BCUT2D eigenvalue weighted by Gasteiger charge is -2.39. The molecule has 0 aromatic rings. The van der Waals surface area contributed by atoms with Gasteiger partial charge >= 0.3 is 5.97 Å². The summed E-state index contributed by atoms with van der Waals surface area (Å²) in [5.74, 6) is -0.215. The quantitative estimate of drug-likeness (QED) is 0.579. The van der Waals surface area contributed by atoms with Crippen LogP contribution < -0.4 is 10.6 Å². The van der Waals surface area contributed by atoms with Crippen molar-refractivity contribution in [1.29, 1.82) is 0 Å². The van der Waals surface area contributed by atoms with E-state index in [-0.39, 0.29) is 47.2 Å². The number of carbonyl (C=O) groups is 3. The second-order valence-corrected chi connectivity index (χ2v) is 8.82. The Hall–Kier alpha value is -1.85. The number of hydrogen-bond acceptors (Lipinski definition) is 4. The Morgan fingerprint density at radius 2 is 1.88 bits per heavy atom. The van der Waals surface area contributed by atoms with Gasteiger partial charge in [-0.05, 0) is 64.2 Å². The Bertz CT molecular complexity index is 595. The molecule has 2 N–H and O–H groups in total. The van der Waals surface area contributed by atoms with Crippen LogP contribution >= 0.6 is 0 Å². The highest BCUT2D eigenvalue weighted by Gasteiger charge is 2.60. The molecule has 0 spiro atoms. The van der Waals surface area contributed by atoms with Gasteiger partial charge in [0, 0.05) is 19.4 Å². The largest absolute Gasteiger partial charge is 0.463 e.